The zero-order valence-corrected chi connectivity index (χ0v) is 20.4. The average Bonchev–Trinajstić information content (AvgIpc) is 3.15. The molecule has 2 heterocycles. The van der Waals surface area contributed by atoms with Crippen molar-refractivity contribution in [3.05, 3.63) is 24.3 Å². The number of nitrogens with zero attached hydrogens (tertiary/aromatic N) is 2. The Labute approximate surface area is 197 Å². The Balaban J connectivity index is 0.00000218. The number of ether oxygens (including phenoxy) is 2. The number of halogens is 1. The lowest BCUT2D eigenvalue weighted by atomic mass is 9.46. The zero-order valence-electron chi connectivity index (χ0n) is 18.1. The predicted molar refractivity (Wildman–Crippen MR) is 131 cm³/mol. The van der Waals surface area contributed by atoms with Crippen LogP contribution < -0.4 is 20.3 Å². The lowest BCUT2D eigenvalue weighted by Gasteiger charge is -2.63. The van der Waals surface area contributed by atoms with E-state index in [0.29, 0.717) is 29.5 Å². The van der Waals surface area contributed by atoms with Crippen molar-refractivity contribution in [2.24, 2.45) is 16.3 Å². The van der Waals surface area contributed by atoms with Gasteiger partial charge in [-0.25, -0.2) is 0 Å². The third-order valence-corrected chi connectivity index (χ3v) is 7.74. The molecule has 2 saturated carbocycles. The highest BCUT2D eigenvalue weighted by Gasteiger charge is 2.66. The maximum atomic E-state index is 6.07. The second-order valence-corrected chi connectivity index (χ2v) is 9.13. The molecule has 4 unspecified atom stereocenters. The van der Waals surface area contributed by atoms with Crippen LogP contribution in [0, 0.1) is 11.3 Å². The van der Waals surface area contributed by atoms with Gasteiger partial charge in [-0.3, -0.25) is 4.99 Å². The van der Waals surface area contributed by atoms with Gasteiger partial charge in [0.1, 0.15) is 5.75 Å². The molecule has 1 spiro atoms. The van der Waals surface area contributed by atoms with Gasteiger partial charge in [0.15, 0.2) is 5.96 Å². The molecule has 4 atom stereocenters. The summed E-state index contributed by atoms with van der Waals surface area (Å²) in [4.78, 5) is 7.02. The molecule has 6 nitrogen and oxygen atoms in total. The van der Waals surface area contributed by atoms with E-state index in [4.69, 9.17) is 9.47 Å². The predicted octanol–water partition coefficient (Wildman–Crippen LogP) is 3.40. The summed E-state index contributed by atoms with van der Waals surface area (Å²) in [5.41, 5.74) is 1.55. The Morgan fingerprint density at radius 1 is 1.20 bits per heavy atom. The largest absolute Gasteiger partial charge is 0.495 e. The van der Waals surface area contributed by atoms with Gasteiger partial charge >= 0.3 is 0 Å². The summed E-state index contributed by atoms with van der Waals surface area (Å²) < 4.78 is 11.7. The topological polar surface area (TPSA) is 58.1 Å². The first kappa shape index (κ1) is 22.0. The lowest BCUT2D eigenvalue weighted by molar-refractivity contribution is -0.171. The Kier molecular flexibility index (Phi) is 6.67. The number of fused-ring (bicyclic) bond motifs is 2. The lowest BCUT2D eigenvalue weighted by Crippen LogP contribution is -2.73. The number of methoxy groups -OCH3 is 1. The van der Waals surface area contributed by atoms with Crippen molar-refractivity contribution in [2.75, 3.05) is 38.8 Å². The minimum Gasteiger partial charge on any atom is -0.495 e. The summed E-state index contributed by atoms with van der Waals surface area (Å²) in [5, 5.41) is 7.53. The molecule has 1 aromatic rings. The van der Waals surface area contributed by atoms with Crippen LogP contribution in [0.2, 0.25) is 0 Å². The van der Waals surface area contributed by atoms with E-state index in [9.17, 15) is 0 Å². The van der Waals surface area contributed by atoms with Gasteiger partial charge in [-0.2, -0.15) is 0 Å². The van der Waals surface area contributed by atoms with E-state index in [1.807, 2.05) is 19.2 Å². The number of benzene rings is 1. The number of hydrogen-bond donors (Lipinski definition) is 2. The number of guanidine groups is 1. The first-order chi connectivity index (χ1) is 14.2. The third kappa shape index (κ3) is 3.66. The highest BCUT2D eigenvalue weighted by Crippen LogP contribution is 2.62. The Hall–Kier alpha value is -1.22. The molecule has 30 heavy (non-hydrogen) atoms. The number of aliphatic imine (C=N–C) groups is 1. The summed E-state index contributed by atoms with van der Waals surface area (Å²) in [5.74, 6) is 2.56. The van der Waals surface area contributed by atoms with Crippen molar-refractivity contribution in [3.8, 4) is 5.75 Å². The van der Waals surface area contributed by atoms with E-state index >= 15 is 0 Å². The molecule has 7 heteroatoms. The number of piperidine rings is 1. The van der Waals surface area contributed by atoms with E-state index in [1.54, 1.807) is 7.11 Å². The molecule has 166 valence electrons. The fourth-order valence-electron chi connectivity index (χ4n) is 6.17. The van der Waals surface area contributed by atoms with Crippen LogP contribution in [0.5, 0.6) is 5.75 Å². The van der Waals surface area contributed by atoms with Gasteiger partial charge in [-0.1, -0.05) is 18.6 Å². The number of para-hydroxylation sites is 2. The smallest absolute Gasteiger partial charge is 0.191 e. The molecule has 0 aromatic heterocycles. The Morgan fingerprint density at radius 2 is 2.03 bits per heavy atom. The van der Waals surface area contributed by atoms with Crippen LogP contribution in [0.3, 0.4) is 0 Å². The van der Waals surface area contributed by atoms with Crippen molar-refractivity contribution >= 4 is 35.6 Å². The molecule has 2 aliphatic carbocycles. The summed E-state index contributed by atoms with van der Waals surface area (Å²) in [6.07, 6.45) is 7.94. The van der Waals surface area contributed by atoms with Crippen molar-refractivity contribution in [1.82, 2.24) is 10.6 Å². The van der Waals surface area contributed by atoms with Gasteiger partial charge in [0, 0.05) is 50.2 Å². The summed E-state index contributed by atoms with van der Waals surface area (Å²) >= 11 is 0. The van der Waals surface area contributed by atoms with E-state index in [1.165, 1.54) is 37.8 Å². The molecule has 2 saturated heterocycles. The first-order valence-corrected chi connectivity index (χ1v) is 11.2. The van der Waals surface area contributed by atoms with E-state index in [2.05, 4.69) is 32.7 Å². The third-order valence-electron chi connectivity index (χ3n) is 7.74. The summed E-state index contributed by atoms with van der Waals surface area (Å²) in [6.45, 7) is 2.96. The quantitative estimate of drug-likeness (QED) is 0.358. The molecule has 4 fully saturated rings. The molecule has 1 aromatic carbocycles. The minimum absolute atomic E-state index is 0. The van der Waals surface area contributed by atoms with Crippen LogP contribution in [-0.4, -0.2) is 58.0 Å². The second kappa shape index (κ2) is 9.10. The molecular formula is C23H35IN4O2. The minimum atomic E-state index is 0. The maximum Gasteiger partial charge on any atom is 0.191 e. The first-order valence-electron chi connectivity index (χ1n) is 11.2. The van der Waals surface area contributed by atoms with Gasteiger partial charge in [0.2, 0.25) is 0 Å². The molecule has 2 N–H and O–H groups in total. The van der Waals surface area contributed by atoms with Crippen LogP contribution in [0.25, 0.3) is 0 Å². The molecule has 0 amide bonds. The van der Waals surface area contributed by atoms with E-state index in [-0.39, 0.29) is 24.0 Å². The van der Waals surface area contributed by atoms with Crippen molar-refractivity contribution in [2.45, 2.75) is 56.7 Å². The fourth-order valence-corrected chi connectivity index (χ4v) is 6.17. The normalized spacial score (nSPS) is 31.8. The highest BCUT2D eigenvalue weighted by molar-refractivity contribution is 14.0. The zero-order chi connectivity index (χ0) is 19.8. The second-order valence-electron chi connectivity index (χ2n) is 9.13. The SMILES string of the molecule is CN=C(NC1CCCN(c2ccccc2OC)C1)NC1C2CCOC2C12CCC2.I. The number of hydrogen-bond acceptors (Lipinski definition) is 4. The molecule has 4 aliphatic rings. The number of nitrogens with one attached hydrogen (secondary N) is 2. The van der Waals surface area contributed by atoms with Crippen molar-refractivity contribution in [1.29, 1.82) is 0 Å². The van der Waals surface area contributed by atoms with Gasteiger partial charge in [-0.15, -0.1) is 24.0 Å². The van der Waals surface area contributed by atoms with Gasteiger partial charge in [0.05, 0.1) is 18.9 Å². The Bertz CT molecular complexity index is 769. The molecule has 0 radical (unpaired) electrons. The molecule has 5 rings (SSSR count). The fraction of sp³-hybridized carbons (Fsp3) is 0.696. The average molecular weight is 526 g/mol. The molecular weight excluding hydrogens is 491 g/mol. The molecule has 0 bridgehead atoms. The van der Waals surface area contributed by atoms with Gasteiger partial charge in [-0.05, 0) is 44.2 Å². The number of anilines is 1. The van der Waals surface area contributed by atoms with Crippen molar-refractivity contribution in [3.63, 3.8) is 0 Å². The van der Waals surface area contributed by atoms with Crippen LogP contribution in [0.4, 0.5) is 5.69 Å². The monoisotopic (exact) mass is 526 g/mol. The Morgan fingerprint density at radius 3 is 2.77 bits per heavy atom. The van der Waals surface area contributed by atoms with E-state index in [0.717, 1.165) is 37.8 Å². The van der Waals surface area contributed by atoms with Crippen LogP contribution in [-0.2, 0) is 4.74 Å². The maximum absolute atomic E-state index is 6.07. The molecule has 2 aliphatic heterocycles. The van der Waals surface area contributed by atoms with Crippen LogP contribution >= 0.6 is 24.0 Å². The summed E-state index contributed by atoms with van der Waals surface area (Å²) in [7, 11) is 3.64. The van der Waals surface area contributed by atoms with Gasteiger partial charge < -0.3 is 25.0 Å². The van der Waals surface area contributed by atoms with Crippen LogP contribution in [0.1, 0.15) is 38.5 Å². The van der Waals surface area contributed by atoms with E-state index < -0.39 is 0 Å². The summed E-state index contributed by atoms with van der Waals surface area (Å²) in [6, 6.07) is 9.22. The van der Waals surface area contributed by atoms with Crippen LogP contribution in [0.15, 0.2) is 29.3 Å². The number of rotatable bonds is 4. The standard InChI is InChI=1S/C23H34N4O2.HI/c1-24-22(26-20-17-10-14-29-21(17)23(20)11-6-12-23)25-16-7-5-13-27(15-16)18-8-3-4-9-19(18)28-2;/h3-4,8-9,16-17,20-21H,5-7,10-15H2,1-2H3,(H2,24,25,26);1H. The van der Waals surface area contributed by atoms with Crippen molar-refractivity contribution < 1.29 is 9.47 Å². The van der Waals surface area contributed by atoms with Gasteiger partial charge in [0.25, 0.3) is 0 Å². The highest BCUT2D eigenvalue weighted by atomic mass is 127.